The first kappa shape index (κ1) is 12.5. The summed E-state index contributed by atoms with van der Waals surface area (Å²) >= 11 is 0. The van der Waals surface area contributed by atoms with E-state index in [1.807, 2.05) is 13.8 Å². The number of aromatic nitrogens is 2. The van der Waals surface area contributed by atoms with Gasteiger partial charge in [0, 0.05) is 6.20 Å². The van der Waals surface area contributed by atoms with E-state index in [0.29, 0.717) is 18.7 Å². The molecular weight excluding hydrogens is 232 g/mol. The molecule has 0 spiro atoms. The summed E-state index contributed by atoms with van der Waals surface area (Å²) in [6.07, 6.45) is 3.89. The van der Waals surface area contributed by atoms with Crippen molar-refractivity contribution in [2.45, 2.75) is 32.9 Å². The van der Waals surface area contributed by atoms with Crippen LogP contribution in [0.25, 0.3) is 0 Å². The van der Waals surface area contributed by atoms with Crippen LogP contribution in [0.4, 0.5) is 0 Å². The van der Waals surface area contributed by atoms with Crippen LogP contribution in [0.1, 0.15) is 24.7 Å². The molecule has 0 saturated carbocycles. The Kier molecular flexibility index (Phi) is 3.55. The number of aryl methyl sites for hydroxylation is 1. The Balaban J connectivity index is 2.09. The largest absolute Gasteiger partial charge is 0.343 e. The zero-order valence-corrected chi connectivity index (χ0v) is 10.5. The van der Waals surface area contributed by atoms with E-state index in [-0.39, 0.29) is 18.4 Å². The standard InChI is InChI=1S/C12H16N4O2/c1-3-10-12(18)16(7-11(17)15-10)6-9-5-13-8(2)4-14-9/h4-5,10H,3,6-7H2,1-2H3,(H,15,17). The lowest BCUT2D eigenvalue weighted by Gasteiger charge is -2.31. The minimum absolute atomic E-state index is 0.0560. The van der Waals surface area contributed by atoms with Gasteiger partial charge in [0.2, 0.25) is 11.8 Å². The first-order valence-electron chi connectivity index (χ1n) is 5.96. The van der Waals surface area contributed by atoms with Crippen molar-refractivity contribution < 1.29 is 9.59 Å². The number of nitrogens with zero attached hydrogens (tertiary/aromatic N) is 3. The van der Waals surface area contributed by atoms with E-state index >= 15 is 0 Å². The molecule has 1 aliphatic heterocycles. The summed E-state index contributed by atoms with van der Waals surface area (Å²) in [5, 5.41) is 2.67. The third kappa shape index (κ3) is 2.64. The van der Waals surface area contributed by atoms with Gasteiger partial charge in [0.05, 0.1) is 24.1 Å². The molecule has 1 aromatic rings. The predicted octanol–water partition coefficient (Wildman–Crippen LogP) is 0.0220. The first-order chi connectivity index (χ1) is 8.60. The third-order valence-corrected chi connectivity index (χ3v) is 2.87. The van der Waals surface area contributed by atoms with Gasteiger partial charge in [-0.2, -0.15) is 0 Å². The van der Waals surface area contributed by atoms with Gasteiger partial charge in [0.1, 0.15) is 12.6 Å². The number of carbonyl (C=O) groups excluding carboxylic acids is 2. The van der Waals surface area contributed by atoms with E-state index in [0.717, 1.165) is 5.69 Å². The number of rotatable bonds is 3. The normalized spacial score (nSPS) is 19.9. The lowest BCUT2D eigenvalue weighted by molar-refractivity contribution is -0.145. The van der Waals surface area contributed by atoms with Crippen LogP contribution in [-0.2, 0) is 16.1 Å². The Morgan fingerprint density at radius 1 is 1.39 bits per heavy atom. The van der Waals surface area contributed by atoms with Crippen molar-refractivity contribution in [2.24, 2.45) is 0 Å². The Labute approximate surface area is 105 Å². The predicted molar refractivity (Wildman–Crippen MR) is 64.4 cm³/mol. The minimum Gasteiger partial charge on any atom is -0.343 e. The van der Waals surface area contributed by atoms with Gasteiger partial charge < -0.3 is 10.2 Å². The van der Waals surface area contributed by atoms with Gasteiger partial charge in [-0.25, -0.2) is 0 Å². The molecule has 2 rings (SSSR count). The molecule has 0 radical (unpaired) electrons. The highest BCUT2D eigenvalue weighted by Crippen LogP contribution is 2.09. The van der Waals surface area contributed by atoms with Crippen LogP contribution in [0, 0.1) is 6.92 Å². The average molecular weight is 248 g/mol. The highest BCUT2D eigenvalue weighted by Gasteiger charge is 2.31. The smallest absolute Gasteiger partial charge is 0.245 e. The zero-order valence-electron chi connectivity index (χ0n) is 10.5. The van der Waals surface area contributed by atoms with Gasteiger partial charge in [-0.05, 0) is 13.3 Å². The highest BCUT2D eigenvalue weighted by molar-refractivity contribution is 5.94. The van der Waals surface area contributed by atoms with E-state index in [4.69, 9.17) is 0 Å². The molecule has 1 saturated heterocycles. The molecule has 1 atom stereocenters. The second kappa shape index (κ2) is 5.12. The van der Waals surface area contributed by atoms with Crippen LogP contribution in [0.3, 0.4) is 0 Å². The molecule has 6 nitrogen and oxygen atoms in total. The summed E-state index contributed by atoms with van der Waals surface area (Å²) in [5.74, 6) is -0.180. The summed E-state index contributed by atoms with van der Waals surface area (Å²) in [6, 6.07) is -0.412. The fourth-order valence-corrected chi connectivity index (χ4v) is 1.88. The summed E-state index contributed by atoms with van der Waals surface area (Å²) in [7, 11) is 0. The Morgan fingerprint density at radius 2 is 2.17 bits per heavy atom. The van der Waals surface area contributed by atoms with Crippen LogP contribution >= 0.6 is 0 Å². The van der Waals surface area contributed by atoms with Crippen molar-refractivity contribution >= 4 is 11.8 Å². The monoisotopic (exact) mass is 248 g/mol. The van der Waals surface area contributed by atoms with Crippen molar-refractivity contribution in [3.63, 3.8) is 0 Å². The second-order valence-electron chi connectivity index (χ2n) is 4.37. The maximum absolute atomic E-state index is 12.0. The number of hydrogen-bond acceptors (Lipinski definition) is 4. The van der Waals surface area contributed by atoms with Gasteiger partial charge >= 0.3 is 0 Å². The molecule has 2 amide bonds. The van der Waals surface area contributed by atoms with Crippen molar-refractivity contribution in [1.82, 2.24) is 20.2 Å². The van der Waals surface area contributed by atoms with Gasteiger partial charge in [-0.3, -0.25) is 19.6 Å². The molecule has 18 heavy (non-hydrogen) atoms. The van der Waals surface area contributed by atoms with Crippen LogP contribution < -0.4 is 5.32 Å². The van der Waals surface area contributed by atoms with Crippen molar-refractivity contribution in [1.29, 1.82) is 0 Å². The molecular formula is C12H16N4O2. The fraction of sp³-hybridized carbons (Fsp3) is 0.500. The maximum Gasteiger partial charge on any atom is 0.245 e. The van der Waals surface area contributed by atoms with E-state index in [2.05, 4.69) is 15.3 Å². The molecule has 1 aliphatic rings. The van der Waals surface area contributed by atoms with E-state index in [1.165, 1.54) is 4.90 Å². The lowest BCUT2D eigenvalue weighted by atomic mass is 10.1. The van der Waals surface area contributed by atoms with Crippen LogP contribution in [0.5, 0.6) is 0 Å². The average Bonchev–Trinajstić information content (AvgIpc) is 2.36. The van der Waals surface area contributed by atoms with Crippen LogP contribution in [0.15, 0.2) is 12.4 Å². The first-order valence-corrected chi connectivity index (χ1v) is 5.96. The van der Waals surface area contributed by atoms with Crippen LogP contribution in [-0.4, -0.2) is 39.3 Å². The van der Waals surface area contributed by atoms with Crippen molar-refractivity contribution in [3.8, 4) is 0 Å². The Hall–Kier alpha value is -1.98. The zero-order chi connectivity index (χ0) is 13.1. The van der Waals surface area contributed by atoms with Gasteiger partial charge in [0.25, 0.3) is 0 Å². The van der Waals surface area contributed by atoms with E-state index in [9.17, 15) is 9.59 Å². The van der Waals surface area contributed by atoms with Crippen LogP contribution in [0.2, 0.25) is 0 Å². The summed E-state index contributed by atoms with van der Waals surface area (Å²) in [4.78, 5) is 33.4. The molecule has 2 heterocycles. The van der Waals surface area contributed by atoms with Crippen molar-refractivity contribution in [3.05, 3.63) is 23.8 Å². The van der Waals surface area contributed by atoms with E-state index < -0.39 is 6.04 Å². The summed E-state index contributed by atoms with van der Waals surface area (Å²) in [6.45, 7) is 4.14. The van der Waals surface area contributed by atoms with Crippen molar-refractivity contribution in [2.75, 3.05) is 6.54 Å². The quantitative estimate of drug-likeness (QED) is 0.818. The molecule has 1 fully saturated rings. The third-order valence-electron chi connectivity index (χ3n) is 2.87. The highest BCUT2D eigenvalue weighted by atomic mass is 16.2. The molecule has 0 aromatic carbocycles. The lowest BCUT2D eigenvalue weighted by Crippen LogP contribution is -2.57. The summed E-state index contributed by atoms with van der Waals surface area (Å²) < 4.78 is 0. The topological polar surface area (TPSA) is 75.2 Å². The summed E-state index contributed by atoms with van der Waals surface area (Å²) in [5.41, 5.74) is 1.52. The number of amides is 2. The SMILES string of the molecule is CCC1NC(=O)CN(Cc2cnc(C)cn2)C1=O. The molecule has 6 heteroatoms. The number of nitrogens with one attached hydrogen (secondary N) is 1. The number of hydrogen-bond donors (Lipinski definition) is 1. The van der Waals surface area contributed by atoms with Gasteiger partial charge in [-0.15, -0.1) is 0 Å². The molecule has 1 aromatic heterocycles. The second-order valence-corrected chi connectivity index (χ2v) is 4.37. The molecule has 0 aliphatic carbocycles. The van der Waals surface area contributed by atoms with Gasteiger partial charge in [-0.1, -0.05) is 6.92 Å². The fourth-order valence-electron chi connectivity index (χ4n) is 1.88. The Bertz CT molecular complexity index is 458. The van der Waals surface area contributed by atoms with E-state index in [1.54, 1.807) is 12.4 Å². The molecule has 96 valence electrons. The number of carbonyl (C=O) groups is 2. The molecule has 1 N–H and O–H groups in total. The molecule has 0 bridgehead atoms. The molecule has 1 unspecified atom stereocenters. The minimum atomic E-state index is -0.412. The Morgan fingerprint density at radius 3 is 2.78 bits per heavy atom. The van der Waals surface area contributed by atoms with Gasteiger partial charge in [0.15, 0.2) is 0 Å². The maximum atomic E-state index is 12.0. The number of piperazine rings is 1.